The molecule has 1 N–H and O–H groups in total. The van der Waals surface area contributed by atoms with Crippen LogP contribution in [0.5, 0.6) is 0 Å². The fourth-order valence-corrected chi connectivity index (χ4v) is 5.16. The fourth-order valence-electron chi connectivity index (χ4n) is 3.58. The van der Waals surface area contributed by atoms with Crippen LogP contribution in [0.15, 0.2) is 21.4 Å². The lowest BCUT2D eigenvalue weighted by molar-refractivity contribution is -0.119. The molecule has 1 saturated carbocycles. The van der Waals surface area contributed by atoms with Crippen LogP contribution in [0.3, 0.4) is 0 Å². The summed E-state index contributed by atoms with van der Waals surface area (Å²) in [5.74, 6) is 0.888. The molecule has 7 nitrogen and oxygen atoms in total. The summed E-state index contributed by atoms with van der Waals surface area (Å²) in [6.45, 7) is 2.72. The van der Waals surface area contributed by atoms with E-state index in [4.69, 9.17) is 0 Å². The molecule has 144 valence electrons. The van der Waals surface area contributed by atoms with E-state index in [0.29, 0.717) is 34.0 Å². The number of hydrogen-bond donors (Lipinski definition) is 1. The van der Waals surface area contributed by atoms with E-state index in [-0.39, 0.29) is 11.5 Å². The third kappa shape index (κ3) is 3.62. The Hall–Kier alpha value is -1.87. The monoisotopic (exact) mass is 405 g/mol. The SMILES string of the molecule is CCCCn1c(=O)c2sccc2n2c(SCC(=O)NC3CCCC3)nnc12. The molecule has 3 aromatic heterocycles. The predicted molar refractivity (Wildman–Crippen MR) is 109 cm³/mol. The second-order valence-electron chi connectivity index (χ2n) is 6.90. The highest BCUT2D eigenvalue weighted by molar-refractivity contribution is 7.99. The van der Waals surface area contributed by atoms with Gasteiger partial charge in [0.1, 0.15) is 4.70 Å². The Kier molecular flexibility index (Phi) is 5.49. The van der Waals surface area contributed by atoms with Crippen LogP contribution in [-0.2, 0) is 11.3 Å². The number of fused-ring (bicyclic) bond motifs is 3. The van der Waals surface area contributed by atoms with Crippen molar-refractivity contribution in [3.05, 3.63) is 21.8 Å². The van der Waals surface area contributed by atoms with Crippen LogP contribution in [0.1, 0.15) is 45.4 Å². The third-order valence-electron chi connectivity index (χ3n) is 4.97. The van der Waals surface area contributed by atoms with Gasteiger partial charge in [0.05, 0.1) is 11.3 Å². The number of carbonyl (C=O) groups excluding carboxylic acids is 1. The standard InChI is InChI=1S/C18H23N5O2S2/c1-2-3-9-22-16(25)15-13(8-10-26-15)23-17(22)20-21-18(23)27-11-14(24)19-12-6-4-5-7-12/h8,10,12H,2-7,9,11H2,1H3,(H,19,24). The van der Waals surface area contributed by atoms with E-state index in [1.807, 2.05) is 15.8 Å². The molecule has 9 heteroatoms. The molecule has 0 unspecified atom stereocenters. The molecule has 0 spiro atoms. The first kappa shape index (κ1) is 18.5. The number of thiophene rings is 1. The van der Waals surface area contributed by atoms with Crippen LogP contribution in [0.4, 0.5) is 0 Å². The molecule has 1 aliphatic carbocycles. The Balaban J connectivity index is 1.62. The van der Waals surface area contributed by atoms with Gasteiger partial charge in [-0.25, -0.2) is 0 Å². The average molecular weight is 406 g/mol. The van der Waals surface area contributed by atoms with Crippen LogP contribution < -0.4 is 10.9 Å². The van der Waals surface area contributed by atoms with Gasteiger partial charge in [-0.05, 0) is 30.7 Å². The molecule has 1 fully saturated rings. The smallest absolute Gasteiger partial charge is 0.272 e. The number of rotatable bonds is 7. The molecule has 0 saturated heterocycles. The van der Waals surface area contributed by atoms with Gasteiger partial charge >= 0.3 is 0 Å². The quantitative estimate of drug-likeness (QED) is 0.611. The van der Waals surface area contributed by atoms with Crippen molar-refractivity contribution in [3.8, 4) is 0 Å². The van der Waals surface area contributed by atoms with Crippen LogP contribution in [0.25, 0.3) is 16.0 Å². The minimum absolute atomic E-state index is 0.0103. The van der Waals surface area contributed by atoms with E-state index >= 15 is 0 Å². The molecule has 1 amide bonds. The summed E-state index contributed by atoms with van der Waals surface area (Å²) >= 11 is 2.81. The topological polar surface area (TPSA) is 81.3 Å². The lowest BCUT2D eigenvalue weighted by Gasteiger charge is -2.11. The van der Waals surface area contributed by atoms with Crippen molar-refractivity contribution in [1.82, 2.24) is 24.5 Å². The summed E-state index contributed by atoms with van der Waals surface area (Å²) in [6, 6.07) is 2.24. The first-order chi connectivity index (χ1) is 13.2. The van der Waals surface area contributed by atoms with Crippen LogP contribution in [0, 0.1) is 0 Å². The van der Waals surface area contributed by atoms with E-state index in [2.05, 4.69) is 22.4 Å². The molecule has 3 aromatic rings. The summed E-state index contributed by atoms with van der Waals surface area (Å²) in [6.07, 6.45) is 6.44. The summed E-state index contributed by atoms with van der Waals surface area (Å²) in [4.78, 5) is 25.1. The molecule has 0 aliphatic heterocycles. The third-order valence-corrected chi connectivity index (χ3v) is 6.79. The number of aromatic nitrogens is 4. The number of nitrogens with zero attached hydrogens (tertiary/aromatic N) is 4. The maximum Gasteiger partial charge on any atom is 0.272 e. The molecule has 27 heavy (non-hydrogen) atoms. The second kappa shape index (κ2) is 8.02. The molecular formula is C18H23N5O2S2. The van der Waals surface area contributed by atoms with Crippen molar-refractivity contribution in [2.45, 2.75) is 63.2 Å². The van der Waals surface area contributed by atoms with E-state index in [0.717, 1.165) is 31.2 Å². The Morgan fingerprint density at radius 1 is 1.37 bits per heavy atom. The molecule has 0 aromatic carbocycles. The number of hydrogen-bond acceptors (Lipinski definition) is 6. The molecular weight excluding hydrogens is 382 g/mol. The van der Waals surface area contributed by atoms with Gasteiger partial charge in [0.25, 0.3) is 5.56 Å². The van der Waals surface area contributed by atoms with Gasteiger partial charge in [0.15, 0.2) is 5.16 Å². The van der Waals surface area contributed by atoms with Crippen molar-refractivity contribution >= 4 is 45.0 Å². The number of unbranched alkanes of at least 4 members (excludes halogenated alkanes) is 1. The minimum Gasteiger partial charge on any atom is -0.353 e. The maximum atomic E-state index is 12.8. The van der Waals surface area contributed by atoms with Crippen LogP contribution in [-0.4, -0.2) is 36.9 Å². The van der Waals surface area contributed by atoms with Gasteiger partial charge in [-0.3, -0.25) is 18.6 Å². The maximum absolute atomic E-state index is 12.8. The Morgan fingerprint density at radius 2 is 2.19 bits per heavy atom. The lowest BCUT2D eigenvalue weighted by atomic mass is 10.2. The van der Waals surface area contributed by atoms with Gasteiger partial charge in [0.2, 0.25) is 11.7 Å². The van der Waals surface area contributed by atoms with Crippen molar-refractivity contribution in [2.24, 2.45) is 0 Å². The zero-order valence-electron chi connectivity index (χ0n) is 15.3. The van der Waals surface area contributed by atoms with Crippen molar-refractivity contribution < 1.29 is 4.79 Å². The highest BCUT2D eigenvalue weighted by atomic mass is 32.2. The van der Waals surface area contributed by atoms with Gasteiger partial charge in [-0.15, -0.1) is 21.5 Å². The highest BCUT2D eigenvalue weighted by Gasteiger charge is 2.20. The number of carbonyl (C=O) groups is 1. The first-order valence-corrected chi connectivity index (χ1v) is 11.3. The van der Waals surface area contributed by atoms with E-state index in [1.54, 1.807) is 4.57 Å². The summed E-state index contributed by atoms with van der Waals surface area (Å²) < 4.78 is 4.32. The molecule has 3 heterocycles. The molecule has 0 radical (unpaired) electrons. The average Bonchev–Trinajstić information content (AvgIpc) is 3.40. The van der Waals surface area contributed by atoms with Gasteiger partial charge in [0, 0.05) is 12.6 Å². The first-order valence-electron chi connectivity index (χ1n) is 9.46. The number of nitrogens with one attached hydrogen (secondary N) is 1. The number of amides is 1. The fraction of sp³-hybridized carbons (Fsp3) is 0.556. The predicted octanol–water partition coefficient (Wildman–Crippen LogP) is 3.06. The summed E-state index contributed by atoms with van der Waals surface area (Å²) in [7, 11) is 0. The number of aryl methyl sites for hydroxylation is 1. The zero-order valence-corrected chi connectivity index (χ0v) is 16.9. The Morgan fingerprint density at radius 3 is 2.96 bits per heavy atom. The number of thioether (sulfide) groups is 1. The van der Waals surface area contributed by atoms with E-state index < -0.39 is 0 Å². The molecule has 0 atom stereocenters. The minimum atomic E-state index is -0.0103. The van der Waals surface area contributed by atoms with Gasteiger partial charge in [-0.2, -0.15) is 0 Å². The largest absolute Gasteiger partial charge is 0.353 e. The van der Waals surface area contributed by atoms with Crippen LogP contribution in [0.2, 0.25) is 0 Å². The van der Waals surface area contributed by atoms with E-state index in [9.17, 15) is 9.59 Å². The Labute approximate surface area is 165 Å². The molecule has 1 aliphatic rings. The van der Waals surface area contributed by atoms with E-state index in [1.165, 1.54) is 35.9 Å². The lowest BCUT2D eigenvalue weighted by Crippen LogP contribution is -2.33. The molecule has 0 bridgehead atoms. The Bertz CT molecular complexity index is 1020. The summed E-state index contributed by atoms with van der Waals surface area (Å²) in [5.41, 5.74) is 0.806. The normalized spacial score (nSPS) is 15.1. The zero-order chi connectivity index (χ0) is 18.8. The van der Waals surface area contributed by atoms with Crippen molar-refractivity contribution in [3.63, 3.8) is 0 Å². The molecule has 4 rings (SSSR count). The van der Waals surface area contributed by atoms with Gasteiger partial charge < -0.3 is 5.32 Å². The van der Waals surface area contributed by atoms with Crippen molar-refractivity contribution in [2.75, 3.05) is 5.75 Å². The van der Waals surface area contributed by atoms with Crippen LogP contribution >= 0.6 is 23.1 Å². The second-order valence-corrected chi connectivity index (χ2v) is 8.76. The van der Waals surface area contributed by atoms with Gasteiger partial charge in [-0.1, -0.05) is 37.9 Å². The van der Waals surface area contributed by atoms with Crippen molar-refractivity contribution in [1.29, 1.82) is 0 Å². The highest BCUT2D eigenvalue weighted by Crippen LogP contribution is 2.25. The summed E-state index contributed by atoms with van der Waals surface area (Å²) in [5, 5.41) is 14.2.